The molecule has 0 aromatic heterocycles. The van der Waals surface area contributed by atoms with E-state index in [0.717, 1.165) is 12.8 Å². The highest BCUT2D eigenvalue weighted by Crippen LogP contribution is 2.26. The number of ether oxygens (including phenoxy) is 2. The number of rotatable bonds is 10. The summed E-state index contributed by atoms with van der Waals surface area (Å²) in [5.74, 6) is 0.409. The van der Waals surface area contributed by atoms with Crippen molar-refractivity contribution < 1.29 is 31.1 Å². The van der Waals surface area contributed by atoms with Gasteiger partial charge in [0.15, 0.2) is 0 Å². The van der Waals surface area contributed by atoms with Crippen LogP contribution in [0.3, 0.4) is 0 Å². The molecular weight excluding hydrogens is 518 g/mol. The number of carbonyl (C=O) groups excluding carboxylic acids is 1. The van der Waals surface area contributed by atoms with E-state index in [1.54, 1.807) is 24.3 Å². The smallest absolute Gasteiger partial charge is 0.243 e. The van der Waals surface area contributed by atoms with E-state index in [2.05, 4.69) is 5.32 Å². The molecule has 10 nitrogen and oxygen atoms in total. The minimum Gasteiger partial charge on any atom is -0.497 e. The lowest BCUT2D eigenvalue weighted by atomic mass is 9.99. The lowest BCUT2D eigenvalue weighted by molar-refractivity contribution is -0.126. The van der Waals surface area contributed by atoms with E-state index in [1.807, 2.05) is 0 Å². The number of piperidine rings is 1. The van der Waals surface area contributed by atoms with Crippen LogP contribution in [0.4, 0.5) is 0 Å². The van der Waals surface area contributed by atoms with Crippen LogP contribution in [0, 0.1) is 5.92 Å². The van der Waals surface area contributed by atoms with Crippen molar-refractivity contribution in [1.82, 2.24) is 13.9 Å². The van der Waals surface area contributed by atoms with Crippen LogP contribution < -0.4 is 14.8 Å². The van der Waals surface area contributed by atoms with E-state index >= 15 is 0 Å². The van der Waals surface area contributed by atoms with Gasteiger partial charge in [-0.2, -0.15) is 8.61 Å². The summed E-state index contributed by atoms with van der Waals surface area (Å²) in [6, 6.07) is 12.5. The molecule has 2 fully saturated rings. The largest absolute Gasteiger partial charge is 0.497 e. The van der Waals surface area contributed by atoms with E-state index in [1.165, 1.54) is 40.0 Å². The van der Waals surface area contributed by atoms with Gasteiger partial charge < -0.3 is 14.8 Å². The fraction of sp³-hybridized carbons (Fsp3) is 0.480. The lowest BCUT2D eigenvalue weighted by Gasteiger charge is -2.31. The highest BCUT2D eigenvalue weighted by molar-refractivity contribution is 7.89. The standard InChI is InChI=1S/C25H33N3O7S2/c1-34-21-6-10-24(11-7-21)37(32,33)28-17-4-5-20(19-28)25(29)26-14-18-35-22-8-12-23(13-9-22)36(30,31)27-15-2-3-16-27/h6-13,20H,2-5,14-19H2,1H3,(H,26,29). The Morgan fingerprint density at radius 1 is 0.838 bits per heavy atom. The van der Waals surface area contributed by atoms with Gasteiger partial charge in [0.05, 0.1) is 29.4 Å². The fourth-order valence-corrected chi connectivity index (χ4v) is 7.59. The number of nitrogens with zero attached hydrogens (tertiary/aromatic N) is 2. The Balaban J connectivity index is 1.25. The van der Waals surface area contributed by atoms with Crippen molar-refractivity contribution in [1.29, 1.82) is 0 Å². The first kappa shape index (κ1) is 27.4. The maximum absolute atomic E-state index is 13.0. The first-order chi connectivity index (χ1) is 17.7. The van der Waals surface area contributed by atoms with Crippen LogP contribution in [0.2, 0.25) is 0 Å². The third-order valence-electron chi connectivity index (χ3n) is 6.65. The van der Waals surface area contributed by atoms with Crippen molar-refractivity contribution in [3.05, 3.63) is 48.5 Å². The molecule has 37 heavy (non-hydrogen) atoms. The lowest BCUT2D eigenvalue weighted by Crippen LogP contribution is -2.45. The van der Waals surface area contributed by atoms with Gasteiger partial charge in [-0.05, 0) is 74.2 Å². The van der Waals surface area contributed by atoms with Crippen LogP contribution in [0.5, 0.6) is 11.5 Å². The molecule has 2 aromatic rings. The van der Waals surface area contributed by atoms with Crippen molar-refractivity contribution in [2.45, 2.75) is 35.5 Å². The molecule has 1 N–H and O–H groups in total. The molecule has 2 saturated heterocycles. The quantitative estimate of drug-likeness (QED) is 0.449. The Labute approximate surface area is 218 Å². The molecule has 1 atom stereocenters. The van der Waals surface area contributed by atoms with Gasteiger partial charge in [0, 0.05) is 26.2 Å². The summed E-state index contributed by atoms with van der Waals surface area (Å²) >= 11 is 0. The van der Waals surface area contributed by atoms with Gasteiger partial charge in [0.25, 0.3) is 0 Å². The van der Waals surface area contributed by atoms with E-state index in [4.69, 9.17) is 9.47 Å². The van der Waals surface area contributed by atoms with Crippen LogP contribution in [0.15, 0.2) is 58.3 Å². The topological polar surface area (TPSA) is 122 Å². The Hall–Kier alpha value is -2.67. The zero-order valence-electron chi connectivity index (χ0n) is 20.8. The van der Waals surface area contributed by atoms with E-state index < -0.39 is 26.0 Å². The summed E-state index contributed by atoms with van der Waals surface area (Å²) in [4.78, 5) is 13.1. The molecular formula is C25H33N3O7S2. The maximum atomic E-state index is 13.0. The highest BCUT2D eigenvalue weighted by atomic mass is 32.2. The first-order valence-corrected chi connectivity index (χ1v) is 15.2. The van der Waals surface area contributed by atoms with E-state index in [9.17, 15) is 21.6 Å². The summed E-state index contributed by atoms with van der Waals surface area (Å²) in [7, 11) is -5.66. The van der Waals surface area contributed by atoms with Gasteiger partial charge >= 0.3 is 0 Å². The Morgan fingerprint density at radius 3 is 1.97 bits per heavy atom. The monoisotopic (exact) mass is 551 g/mol. The first-order valence-electron chi connectivity index (χ1n) is 12.4. The van der Waals surface area contributed by atoms with Gasteiger partial charge in [0.1, 0.15) is 18.1 Å². The number of hydrogen-bond donors (Lipinski definition) is 1. The minimum atomic E-state index is -3.71. The van der Waals surface area contributed by atoms with Crippen LogP contribution in [-0.2, 0) is 24.8 Å². The molecule has 202 valence electrons. The second kappa shape index (κ2) is 11.8. The summed E-state index contributed by atoms with van der Waals surface area (Å²) in [5.41, 5.74) is 0. The maximum Gasteiger partial charge on any atom is 0.243 e. The van der Waals surface area contributed by atoms with E-state index in [-0.39, 0.29) is 35.4 Å². The Morgan fingerprint density at radius 2 is 1.38 bits per heavy atom. The molecule has 0 spiro atoms. The molecule has 2 heterocycles. The third kappa shape index (κ3) is 6.43. The van der Waals surface area contributed by atoms with Crippen molar-refractivity contribution in [2.75, 3.05) is 46.4 Å². The number of hydrogen-bond acceptors (Lipinski definition) is 7. The van der Waals surface area contributed by atoms with Gasteiger partial charge in [-0.1, -0.05) is 0 Å². The molecule has 4 rings (SSSR count). The van der Waals surface area contributed by atoms with Gasteiger partial charge in [-0.15, -0.1) is 0 Å². The van der Waals surface area contributed by atoms with Gasteiger partial charge in [-0.25, -0.2) is 16.8 Å². The molecule has 2 aromatic carbocycles. The normalized spacial score (nSPS) is 19.4. The van der Waals surface area contributed by atoms with Crippen LogP contribution in [0.25, 0.3) is 0 Å². The highest BCUT2D eigenvalue weighted by Gasteiger charge is 2.33. The van der Waals surface area contributed by atoms with Gasteiger partial charge in [-0.3, -0.25) is 4.79 Å². The summed E-state index contributed by atoms with van der Waals surface area (Å²) < 4.78 is 64.9. The minimum absolute atomic E-state index is 0.119. The number of benzene rings is 2. The average Bonchev–Trinajstić information content (AvgIpc) is 3.48. The second-order valence-electron chi connectivity index (χ2n) is 9.10. The number of carbonyl (C=O) groups is 1. The predicted molar refractivity (Wildman–Crippen MR) is 137 cm³/mol. The number of methoxy groups -OCH3 is 1. The van der Waals surface area contributed by atoms with Crippen molar-refractivity contribution in [3.8, 4) is 11.5 Å². The van der Waals surface area contributed by atoms with Crippen molar-refractivity contribution in [3.63, 3.8) is 0 Å². The average molecular weight is 552 g/mol. The van der Waals surface area contributed by atoms with E-state index in [0.29, 0.717) is 44.0 Å². The molecule has 1 amide bonds. The SMILES string of the molecule is COc1ccc(S(=O)(=O)N2CCCC(C(=O)NCCOc3ccc(S(=O)(=O)N4CCCC4)cc3)C2)cc1. The summed E-state index contributed by atoms with van der Waals surface area (Å²) in [6.07, 6.45) is 2.96. The second-order valence-corrected chi connectivity index (χ2v) is 13.0. The molecule has 12 heteroatoms. The summed E-state index contributed by atoms with van der Waals surface area (Å²) in [6.45, 7) is 2.02. The Kier molecular flexibility index (Phi) is 8.73. The van der Waals surface area contributed by atoms with Crippen LogP contribution in [0.1, 0.15) is 25.7 Å². The molecule has 0 radical (unpaired) electrons. The van der Waals surface area contributed by atoms with Gasteiger partial charge in [0.2, 0.25) is 26.0 Å². The molecule has 2 aliphatic rings. The third-order valence-corrected chi connectivity index (χ3v) is 10.4. The zero-order chi connectivity index (χ0) is 26.5. The predicted octanol–water partition coefficient (Wildman–Crippen LogP) is 2.08. The number of nitrogens with one attached hydrogen (secondary N) is 1. The van der Waals surface area contributed by atoms with Crippen molar-refractivity contribution in [2.24, 2.45) is 5.92 Å². The summed E-state index contributed by atoms with van der Waals surface area (Å²) in [5, 5.41) is 2.82. The van der Waals surface area contributed by atoms with Crippen LogP contribution in [-0.4, -0.2) is 77.8 Å². The zero-order valence-corrected chi connectivity index (χ0v) is 22.5. The number of amides is 1. The number of sulfonamides is 2. The molecule has 0 saturated carbocycles. The molecule has 0 aliphatic carbocycles. The fourth-order valence-electron chi connectivity index (χ4n) is 4.54. The molecule has 0 bridgehead atoms. The molecule has 1 unspecified atom stereocenters. The Bertz CT molecular complexity index is 1270. The van der Waals surface area contributed by atoms with Crippen LogP contribution >= 0.6 is 0 Å². The molecule has 2 aliphatic heterocycles. The van der Waals surface area contributed by atoms with Crippen molar-refractivity contribution >= 4 is 26.0 Å².